The number of carboxylic acids is 1. The molecule has 0 saturated heterocycles. The minimum absolute atomic E-state index is 0.0379. The molecule has 1 aromatic rings. The zero-order valence-electron chi connectivity index (χ0n) is 12.3. The van der Waals surface area contributed by atoms with Crippen LogP contribution in [0.25, 0.3) is 0 Å². The number of carbonyl (C=O) groups is 2. The van der Waals surface area contributed by atoms with Crippen molar-refractivity contribution in [3.8, 4) is 0 Å². The fraction of sp³-hybridized carbons (Fsp3) is 0.529. The number of amides is 1. The molecule has 4 heteroatoms. The molecule has 0 radical (unpaired) electrons. The molecule has 0 spiro atoms. The minimum Gasteiger partial charge on any atom is -0.481 e. The highest BCUT2D eigenvalue weighted by molar-refractivity contribution is 5.79. The molecule has 2 N–H and O–H groups in total. The van der Waals surface area contributed by atoms with Crippen LogP contribution < -0.4 is 5.32 Å². The average Bonchev–Trinajstić information content (AvgIpc) is 2.99. The van der Waals surface area contributed by atoms with Gasteiger partial charge in [-0.25, -0.2) is 0 Å². The first-order valence-corrected chi connectivity index (χ1v) is 7.71. The molecule has 1 fully saturated rings. The van der Waals surface area contributed by atoms with Crippen LogP contribution >= 0.6 is 0 Å². The standard InChI is InChI=1S/C17H23NO3/c19-16(11-10-13-6-4-5-7-13)18-12-15(17(20)21)14-8-2-1-3-9-14/h1-3,8-9,13,15H,4-7,10-12H2,(H,18,19)(H,20,21). The van der Waals surface area contributed by atoms with E-state index in [0.717, 1.165) is 12.0 Å². The summed E-state index contributed by atoms with van der Waals surface area (Å²) in [5.41, 5.74) is 0.723. The summed E-state index contributed by atoms with van der Waals surface area (Å²) in [6.07, 6.45) is 6.45. The van der Waals surface area contributed by atoms with E-state index in [2.05, 4.69) is 5.32 Å². The van der Waals surface area contributed by atoms with Crippen molar-refractivity contribution in [2.45, 2.75) is 44.4 Å². The zero-order chi connectivity index (χ0) is 15.1. The first-order valence-electron chi connectivity index (χ1n) is 7.71. The average molecular weight is 289 g/mol. The molecule has 1 aliphatic carbocycles. The molecule has 4 nitrogen and oxygen atoms in total. The Kier molecular flexibility index (Phi) is 5.78. The lowest BCUT2D eigenvalue weighted by molar-refractivity contribution is -0.138. The molecule has 0 heterocycles. The third-order valence-electron chi connectivity index (χ3n) is 4.26. The summed E-state index contributed by atoms with van der Waals surface area (Å²) in [7, 11) is 0. The predicted octanol–water partition coefficient (Wildman–Crippen LogP) is 2.94. The molecule has 1 amide bonds. The molecule has 21 heavy (non-hydrogen) atoms. The number of benzene rings is 1. The zero-order valence-corrected chi connectivity index (χ0v) is 12.3. The van der Waals surface area contributed by atoms with Gasteiger partial charge in [0.05, 0.1) is 5.92 Å². The molecule has 1 unspecified atom stereocenters. The summed E-state index contributed by atoms with van der Waals surface area (Å²) in [5, 5.41) is 12.1. The molecule has 1 saturated carbocycles. The summed E-state index contributed by atoms with van der Waals surface area (Å²) < 4.78 is 0. The highest BCUT2D eigenvalue weighted by Gasteiger charge is 2.21. The van der Waals surface area contributed by atoms with Gasteiger partial charge in [0.25, 0.3) is 0 Å². The lowest BCUT2D eigenvalue weighted by Crippen LogP contribution is -2.31. The van der Waals surface area contributed by atoms with Gasteiger partial charge < -0.3 is 10.4 Å². The SMILES string of the molecule is O=C(CCC1CCCC1)NCC(C(=O)O)c1ccccc1. The summed E-state index contributed by atoms with van der Waals surface area (Å²) in [4.78, 5) is 23.2. The highest BCUT2D eigenvalue weighted by Crippen LogP contribution is 2.28. The van der Waals surface area contributed by atoms with Crippen LogP contribution in [0.4, 0.5) is 0 Å². The monoisotopic (exact) mass is 289 g/mol. The van der Waals surface area contributed by atoms with E-state index in [4.69, 9.17) is 0 Å². The Morgan fingerprint density at radius 2 is 1.86 bits per heavy atom. The van der Waals surface area contributed by atoms with E-state index in [9.17, 15) is 14.7 Å². The highest BCUT2D eigenvalue weighted by atomic mass is 16.4. The number of rotatable bonds is 7. The van der Waals surface area contributed by atoms with Gasteiger partial charge in [-0.15, -0.1) is 0 Å². The predicted molar refractivity (Wildman–Crippen MR) is 81.0 cm³/mol. The van der Waals surface area contributed by atoms with E-state index < -0.39 is 11.9 Å². The Hall–Kier alpha value is -1.84. The van der Waals surface area contributed by atoms with E-state index in [1.54, 1.807) is 12.1 Å². The first-order chi connectivity index (χ1) is 10.2. The van der Waals surface area contributed by atoms with Crippen LogP contribution in [0.1, 0.15) is 50.0 Å². The summed E-state index contributed by atoms with van der Waals surface area (Å²) in [6, 6.07) is 9.04. The number of carboxylic acid groups (broad SMARTS) is 1. The third-order valence-corrected chi connectivity index (χ3v) is 4.26. The lowest BCUT2D eigenvalue weighted by Gasteiger charge is -2.14. The molecule has 2 rings (SSSR count). The van der Waals surface area contributed by atoms with E-state index >= 15 is 0 Å². The maximum absolute atomic E-state index is 11.9. The second kappa shape index (κ2) is 7.81. The summed E-state index contributed by atoms with van der Waals surface area (Å²) >= 11 is 0. The molecule has 1 aliphatic rings. The Morgan fingerprint density at radius 3 is 2.48 bits per heavy atom. The summed E-state index contributed by atoms with van der Waals surface area (Å²) in [5.74, 6) is -0.942. The first kappa shape index (κ1) is 15.5. The third kappa shape index (κ3) is 4.88. The van der Waals surface area contributed by atoms with Gasteiger partial charge in [0.1, 0.15) is 0 Å². The minimum atomic E-state index is -0.905. The fourth-order valence-electron chi connectivity index (χ4n) is 2.97. The number of aliphatic carboxylic acids is 1. The smallest absolute Gasteiger partial charge is 0.312 e. The normalized spacial score (nSPS) is 16.6. The van der Waals surface area contributed by atoms with Crippen molar-refractivity contribution in [1.82, 2.24) is 5.32 Å². The van der Waals surface area contributed by atoms with Crippen LogP contribution in [-0.4, -0.2) is 23.5 Å². The Labute approximate surface area is 125 Å². The van der Waals surface area contributed by atoms with Gasteiger partial charge in [-0.05, 0) is 17.9 Å². The Balaban J connectivity index is 1.78. The lowest BCUT2D eigenvalue weighted by atomic mass is 9.99. The molecule has 114 valence electrons. The van der Waals surface area contributed by atoms with Crippen LogP contribution in [-0.2, 0) is 9.59 Å². The fourth-order valence-corrected chi connectivity index (χ4v) is 2.97. The van der Waals surface area contributed by atoms with Gasteiger partial charge in [-0.2, -0.15) is 0 Å². The van der Waals surface area contributed by atoms with Crippen molar-refractivity contribution in [2.75, 3.05) is 6.54 Å². The van der Waals surface area contributed by atoms with Gasteiger partial charge >= 0.3 is 5.97 Å². The van der Waals surface area contributed by atoms with E-state index in [1.165, 1.54) is 25.7 Å². The van der Waals surface area contributed by atoms with Crippen molar-refractivity contribution >= 4 is 11.9 Å². The van der Waals surface area contributed by atoms with Crippen LogP contribution in [0, 0.1) is 5.92 Å². The molecule has 0 aromatic heterocycles. The molecular formula is C17H23NO3. The van der Waals surface area contributed by atoms with Crippen LogP contribution in [0.2, 0.25) is 0 Å². The number of hydrogen-bond donors (Lipinski definition) is 2. The van der Waals surface area contributed by atoms with Crippen LogP contribution in [0.15, 0.2) is 30.3 Å². The van der Waals surface area contributed by atoms with E-state index in [1.807, 2.05) is 18.2 Å². The van der Waals surface area contributed by atoms with Crippen molar-refractivity contribution in [3.63, 3.8) is 0 Å². The van der Waals surface area contributed by atoms with Crippen LogP contribution in [0.3, 0.4) is 0 Å². The molecule has 1 aromatic carbocycles. The van der Waals surface area contributed by atoms with Gasteiger partial charge in [0.15, 0.2) is 0 Å². The maximum atomic E-state index is 11.9. The van der Waals surface area contributed by atoms with Gasteiger partial charge in [0, 0.05) is 13.0 Å². The van der Waals surface area contributed by atoms with Gasteiger partial charge in [-0.3, -0.25) is 9.59 Å². The maximum Gasteiger partial charge on any atom is 0.312 e. The Bertz CT molecular complexity index is 466. The topological polar surface area (TPSA) is 66.4 Å². The molecule has 0 aliphatic heterocycles. The van der Waals surface area contributed by atoms with Gasteiger partial charge in [0.2, 0.25) is 5.91 Å². The second-order valence-electron chi connectivity index (χ2n) is 5.79. The van der Waals surface area contributed by atoms with Crippen molar-refractivity contribution in [2.24, 2.45) is 5.92 Å². The van der Waals surface area contributed by atoms with E-state index in [-0.39, 0.29) is 12.5 Å². The van der Waals surface area contributed by atoms with E-state index in [0.29, 0.717) is 12.3 Å². The summed E-state index contributed by atoms with van der Waals surface area (Å²) in [6.45, 7) is 0.156. The van der Waals surface area contributed by atoms with Crippen molar-refractivity contribution in [1.29, 1.82) is 0 Å². The molecule has 1 atom stereocenters. The van der Waals surface area contributed by atoms with Crippen molar-refractivity contribution in [3.05, 3.63) is 35.9 Å². The van der Waals surface area contributed by atoms with Crippen molar-refractivity contribution < 1.29 is 14.7 Å². The quantitative estimate of drug-likeness (QED) is 0.811. The molecular weight excluding hydrogens is 266 g/mol. The second-order valence-corrected chi connectivity index (χ2v) is 5.79. The number of hydrogen-bond acceptors (Lipinski definition) is 2. The van der Waals surface area contributed by atoms with Crippen LogP contribution in [0.5, 0.6) is 0 Å². The Morgan fingerprint density at radius 1 is 1.19 bits per heavy atom. The number of nitrogens with one attached hydrogen (secondary N) is 1. The number of carbonyl (C=O) groups excluding carboxylic acids is 1. The van der Waals surface area contributed by atoms with Gasteiger partial charge in [-0.1, -0.05) is 56.0 Å². The molecule has 0 bridgehead atoms. The largest absolute Gasteiger partial charge is 0.481 e.